The van der Waals surface area contributed by atoms with Gasteiger partial charge >= 0.3 is 5.97 Å². The van der Waals surface area contributed by atoms with Gasteiger partial charge < -0.3 is 4.74 Å². The zero-order chi connectivity index (χ0) is 11.3. The third kappa shape index (κ3) is 3.47. The van der Waals surface area contributed by atoms with Gasteiger partial charge in [0.15, 0.2) is 0 Å². The minimum Gasteiger partial charge on any atom is -0.420 e. The van der Waals surface area contributed by atoms with Crippen molar-refractivity contribution in [2.24, 2.45) is 0 Å². The summed E-state index contributed by atoms with van der Waals surface area (Å²) in [5.74, 6) is -0.927. The molecule has 4 heteroatoms. The molecule has 0 saturated heterocycles. The van der Waals surface area contributed by atoms with Gasteiger partial charge in [0.2, 0.25) is 5.78 Å². The van der Waals surface area contributed by atoms with Gasteiger partial charge in [0.05, 0.1) is 4.47 Å². The number of rotatable bonds is 4. The Morgan fingerprint density at radius 2 is 2.00 bits per heavy atom. The van der Waals surface area contributed by atoms with Crippen LogP contribution >= 0.6 is 15.9 Å². The van der Waals surface area contributed by atoms with Gasteiger partial charge in [0.25, 0.3) is 0 Å². The van der Waals surface area contributed by atoms with Gasteiger partial charge in [0.1, 0.15) is 5.75 Å². The van der Waals surface area contributed by atoms with E-state index in [2.05, 4.69) is 15.9 Å². The number of hydrogen-bond donors (Lipinski definition) is 0. The molecule has 0 heterocycles. The summed E-state index contributed by atoms with van der Waals surface area (Å²) in [5.41, 5.74) is 0. The van der Waals surface area contributed by atoms with E-state index >= 15 is 0 Å². The number of carbonyl (C=O) groups is 2. The molecule has 0 amide bonds. The smallest absolute Gasteiger partial charge is 0.380 e. The van der Waals surface area contributed by atoms with Gasteiger partial charge in [-0.2, -0.15) is 0 Å². The third-order valence-electron chi connectivity index (χ3n) is 1.74. The first-order valence-electron chi connectivity index (χ1n) is 4.64. The van der Waals surface area contributed by atoms with Crippen molar-refractivity contribution >= 4 is 27.7 Å². The van der Waals surface area contributed by atoms with Crippen molar-refractivity contribution in [2.45, 2.75) is 19.8 Å². The van der Waals surface area contributed by atoms with Crippen LogP contribution in [0, 0.1) is 0 Å². The normalized spacial score (nSPS) is 9.73. The summed E-state index contributed by atoms with van der Waals surface area (Å²) in [5, 5.41) is 0. The summed E-state index contributed by atoms with van der Waals surface area (Å²) in [6, 6.07) is 6.90. The molecule has 0 aliphatic rings. The van der Waals surface area contributed by atoms with Crippen molar-refractivity contribution < 1.29 is 14.3 Å². The Labute approximate surface area is 96.6 Å². The molecule has 3 nitrogen and oxygen atoms in total. The third-order valence-corrected chi connectivity index (χ3v) is 2.40. The monoisotopic (exact) mass is 270 g/mol. The molecule has 0 N–H and O–H groups in total. The maximum atomic E-state index is 11.3. The van der Waals surface area contributed by atoms with Crippen LogP contribution in [0.15, 0.2) is 28.7 Å². The van der Waals surface area contributed by atoms with Crippen LogP contribution in [0.3, 0.4) is 0 Å². The lowest BCUT2D eigenvalue weighted by atomic mass is 10.2. The van der Waals surface area contributed by atoms with Crippen LogP contribution in [-0.4, -0.2) is 11.8 Å². The van der Waals surface area contributed by atoms with E-state index in [0.29, 0.717) is 16.6 Å². The lowest BCUT2D eigenvalue weighted by Crippen LogP contribution is -2.19. The van der Waals surface area contributed by atoms with Crippen LogP contribution in [-0.2, 0) is 9.59 Å². The first-order chi connectivity index (χ1) is 7.15. The van der Waals surface area contributed by atoms with Gasteiger partial charge in [-0.15, -0.1) is 0 Å². The number of ketones is 1. The zero-order valence-electron chi connectivity index (χ0n) is 8.33. The Hall–Kier alpha value is -1.16. The van der Waals surface area contributed by atoms with Gasteiger partial charge in [-0.1, -0.05) is 19.1 Å². The molecule has 1 aromatic carbocycles. The number of esters is 1. The van der Waals surface area contributed by atoms with E-state index in [1.165, 1.54) is 0 Å². The summed E-state index contributed by atoms with van der Waals surface area (Å²) in [4.78, 5) is 22.4. The summed E-state index contributed by atoms with van der Waals surface area (Å²) in [7, 11) is 0. The number of hydrogen-bond acceptors (Lipinski definition) is 3. The van der Waals surface area contributed by atoms with Crippen molar-refractivity contribution in [2.75, 3.05) is 0 Å². The second-order valence-corrected chi connectivity index (χ2v) is 3.85. The second kappa shape index (κ2) is 5.66. The van der Waals surface area contributed by atoms with Gasteiger partial charge in [0, 0.05) is 6.42 Å². The standard InChI is InChI=1S/C11H11BrO3/c1-2-5-9(13)11(14)15-10-7-4-3-6-8(10)12/h3-4,6-7H,2,5H2,1H3. The number of halogens is 1. The second-order valence-electron chi connectivity index (χ2n) is 2.99. The molecule has 0 bridgehead atoms. The number of Topliss-reactive ketones (excluding diaryl/α,β-unsaturated/α-hetero) is 1. The zero-order valence-corrected chi connectivity index (χ0v) is 9.91. The van der Waals surface area contributed by atoms with E-state index in [1.807, 2.05) is 6.92 Å². The molecule has 0 aliphatic carbocycles. The van der Waals surface area contributed by atoms with E-state index in [4.69, 9.17) is 4.74 Å². The molecular formula is C11H11BrO3. The molecule has 0 aliphatic heterocycles. The lowest BCUT2D eigenvalue weighted by Gasteiger charge is -2.04. The van der Waals surface area contributed by atoms with Gasteiger partial charge in [-0.05, 0) is 34.5 Å². The SMILES string of the molecule is CCCC(=O)C(=O)Oc1ccccc1Br. The van der Waals surface area contributed by atoms with E-state index in [-0.39, 0.29) is 6.42 Å². The highest BCUT2D eigenvalue weighted by Crippen LogP contribution is 2.23. The maximum Gasteiger partial charge on any atom is 0.380 e. The Bertz CT molecular complexity index is 374. The molecule has 80 valence electrons. The Morgan fingerprint density at radius 1 is 1.33 bits per heavy atom. The van der Waals surface area contributed by atoms with Crippen molar-refractivity contribution in [1.82, 2.24) is 0 Å². The Kier molecular flexibility index (Phi) is 4.49. The van der Waals surface area contributed by atoms with Gasteiger partial charge in [-0.25, -0.2) is 4.79 Å². The van der Waals surface area contributed by atoms with E-state index in [1.54, 1.807) is 24.3 Å². The fourth-order valence-corrected chi connectivity index (χ4v) is 1.38. The van der Waals surface area contributed by atoms with Crippen LogP contribution in [0.2, 0.25) is 0 Å². The van der Waals surface area contributed by atoms with E-state index < -0.39 is 11.8 Å². The van der Waals surface area contributed by atoms with E-state index in [9.17, 15) is 9.59 Å². The minimum atomic E-state index is -0.802. The van der Waals surface area contributed by atoms with Gasteiger partial charge in [-0.3, -0.25) is 4.79 Å². The maximum absolute atomic E-state index is 11.3. The largest absolute Gasteiger partial charge is 0.420 e. The number of para-hydroxylation sites is 1. The molecule has 0 atom stereocenters. The van der Waals surface area contributed by atoms with Crippen molar-refractivity contribution in [3.05, 3.63) is 28.7 Å². The Morgan fingerprint density at radius 3 is 2.60 bits per heavy atom. The highest BCUT2D eigenvalue weighted by Gasteiger charge is 2.15. The van der Waals surface area contributed by atoms with Crippen molar-refractivity contribution in [1.29, 1.82) is 0 Å². The highest BCUT2D eigenvalue weighted by atomic mass is 79.9. The van der Waals surface area contributed by atoms with Crippen LogP contribution in [0.5, 0.6) is 5.75 Å². The first kappa shape index (κ1) is 11.9. The first-order valence-corrected chi connectivity index (χ1v) is 5.44. The Balaban J connectivity index is 2.67. The number of ether oxygens (including phenoxy) is 1. The fourth-order valence-electron chi connectivity index (χ4n) is 1.01. The molecule has 1 rings (SSSR count). The van der Waals surface area contributed by atoms with E-state index in [0.717, 1.165) is 0 Å². The van der Waals surface area contributed by atoms with Crippen LogP contribution in [0.1, 0.15) is 19.8 Å². The lowest BCUT2D eigenvalue weighted by molar-refractivity contribution is -0.147. The molecule has 0 radical (unpaired) electrons. The number of carbonyl (C=O) groups excluding carboxylic acids is 2. The molecule has 0 aromatic heterocycles. The quantitative estimate of drug-likeness (QED) is 0.480. The summed E-state index contributed by atoms with van der Waals surface area (Å²) in [6.45, 7) is 1.84. The summed E-state index contributed by atoms with van der Waals surface area (Å²) >= 11 is 3.22. The van der Waals surface area contributed by atoms with Crippen LogP contribution in [0.25, 0.3) is 0 Å². The van der Waals surface area contributed by atoms with Crippen molar-refractivity contribution in [3.63, 3.8) is 0 Å². The van der Waals surface area contributed by atoms with Crippen LogP contribution in [0.4, 0.5) is 0 Å². The predicted octanol–water partition coefficient (Wildman–Crippen LogP) is 2.72. The van der Waals surface area contributed by atoms with Crippen LogP contribution < -0.4 is 4.74 Å². The topological polar surface area (TPSA) is 43.4 Å². The average molecular weight is 271 g/mol. The molecule has 0 saturated carbocycles. The van der Waals surface area contributed by atoms with Crippen molar-refractivity contribution in [3.8, 4) is 5.75 Å². The molecule has 1 aromatic rings. The number of benzene rings is 1. The average Bonchev–Trinajstić information content (AvgIpc) is 2.21. The molecule has 0 unspecified atom stereocenters. The molecule has 15 heavy (non-hydrogen) atoms. The molecule has 0 spiro atoms. The predicted molar refractivity (Wildman–Crippen MR) is 59.7 cm³/mol. The molecular weight excluding hydrogens is 260 g/mol. The minimum absolute atomic E-state index is 0.225. The highest BCUT2D eigenvalue weighted by molar-refractivity contribution is 9.10. The summed E-state index contributed by atoms with van der Waals surface area (Å²) in [6.07, 6.45) is 0.868. The summed E-state index contributed by atoms with van der Waals surface area (Å²) < 4.78 is 5.58. The fraction of sp³-hybridized carbons (Fsp3) is 0.273. The molecule has 0 fully saturated rings.